The number of hydrogen-bond acceptors (Lipinski definition) is 9. The summed E-state index contributed by atoms with van der Waals surface area (Å²) in [5, 5.41) is 14.0. The van der Waals surface area contributed by atoms with Crippen molar-refractivity contribution in [2.45, 2.75) is 25.7 Å². The van der Waals surface area contributed by atoms with Crippen LogP contribution in [-0.4, -0.2) is 50.6 Å². The SMILES string of the molecule is COCCn1nnnc1[C@@H](c1cc2cc3c(cc2[nH]c1=O)OCO3)N(Cc1ccc(Cl)cc1)Cc1ccco1. The van der Waals surface area contributed by atoms with Crippen molar-refractivity contribution in [3.8, 4) is 11.5 Å². The van der Waals surface area contributed by atoms with Gasteiger partial charge in [-0.3, -0.25) is 9.69 Å². The molecule has 4 heterocycles. The first-order chi connectivity index (χ1) is 19.1. The van der Waals surface area contributed by atoms with Crippen LogP contribution in [0.5, 0.6) is 11.5 Å². The molecule has 200 valence electrons. The van der Waals surface area contributed by atoms with Crippen molar-refractivity contribution in [1.82, 2.24) is 30.1 Å². The van der Waals surface area contributed by atoms with Gasteiger partial charge < -0.3 is 23.6 Å². The standard InChI is InChI=1S/C27H25ClN6O5/c1-36-10-8-34-26(30-31-32-34)25(21-11-18-12-23-24(39-16-38-23)13-22(18)29-27(21)35)33(15-20-3-2-9-37-20)14-17-4-6-19(28)7-5-17/h2-7,9,11-13,25H,8,10,14-16H2,1H3,(H,29,35)/t25-/m1/s1. The molecular formula is C27H25ClN6O5. The van der Waals surface area contributed by atoms with Gasteiger partial charge in [0.25, 0.3) is 5.56 Å². The summed E-state index contributed by atoms with van der Waals surface area (Å²) in [5.41, 5.74) is 1.83. The lowest BCUT2D eigenvalue weighted by Gasteiger charge is -2.30. The molecule has 6 rings (SSSR count). The highest BCUT2D eigenvalue weighted by Crippen LogP contribution is 2.37. The average molecular weight is 549 g/mol. The zero-order chi connectivity index (χ0) is 26.8. The van der Waals surface area contributed by atoms with Crippen LogP contribution < -0.4 is 15.0 Å². The number of halogens is 1. The van der Waals surface area contributed by atoms with Gasteiger partial charge in [0.05, 0.1) is 31.5 Å². The maximum atomic E-state index is 13.7. The quantitative estimate of drug-likeness (QED) is 0.277. The first kappa shape index (κ1) is 25.1. The van der Waals surface area contributed by atoms with E-state index in [9.17, 15) is 4.79 Å². The summed E-state index contributed by atoms with van der Waals surface area (Å²) >= 11 is 6.15. The second-order valence-corrected chi connectivity index (χ2v) is 9.55. The van der Waals surface area contributed by atoms with Crippen LogP contribution in [0.15, 0.2) is 70.1 Å². The van der Waals surface area contributed by atoms with E-state index in [1.807, 2.05) is 48.5 Å². The Kier molecular flexibility index (Phi) is 7.01. The summed E-state index contributed by atoms with van der Waals surface area (Å²) in [4.78, 5) is 18.8. The first-order valence-corrected chi connectivity index (χ1v) is 12.7. The monoisotopic (exact) mass is 548 g/mol. The summed E-state index contributed by atoms with van der Waals surface area (Å²) in [7, 11) is 1.61. The normalized spacial score (nSPS) is 13.4. The van der Waals surface area contributed by atoms with E-state index < -0.39 is 6.04 Å². The van der Waals surface area contributed by atoms with E-state index in [0.29, 0.717) is 59.7 Å². The fourth-order valence-corrected chi connectivity index (χ4v) is 4.85. The number of aromatic nitrogens is 5. The number of nitrogens with one attached hydrogen (secondary N) is 1. The summed E-state index contributed by atoms with van der Waals surface area (Å²) < 4.78 is 23.7. The van der Waals surface area contributed by atoms with Crippen LogP contribution in [0.3, 0.4) is 0 Å². The number of methoxy groups -OCH3 is 1. The van der Waals surface area contributed by atoms with Gasteiger partial charge in [-0.15, -0.1) is 5.10 Å². The summed E-state index contributed by atoms with van der Waals surface area (Å²) in [6.07, 6.45) is 1.62. The van der Waals surface area contributed by atoms with Crippen LogP contribution in [-0.2, 0) is 24.4 Å². The van der Waals surface area contributed by atoms with E-state index >= 15 is 0 Å². The van der Waals surface area contributed by atoms with Gasteiger partial charge >= 0.3 is 0 Å². The number of tetrazole rings is 1. The van der Waals surface area contributed by atoms with Crippen molar-refractivity contribution in [2.75, 3.05) is 20.5 Å². The number of benzene rings is 2. The van der Waals surface area contributed by atoms with Crippen LogP contribution in [0, 0.1) is 0 Å². The van der Waals surface area contributed by atoms with Gasteiger partial charge in [0.1, 0.15) is 11.8 Å². The Morgan fingerprint density at radius 1 is 1.13 bits per heavy atom. The molecular weight excluding hydrogens is 524 g/mol. The van der Waals surface area contributed by atoms with Crippen molar-refractivity contribution in [2.24, 2.45) is 0 Å². The Balaban J connectivity index is 1.51. The molecule has 3 aromatic heterocycles. The third-order valence-corrected chi connectivity index (χ3v) is 6.83. The molecule has 12 heteroatoms. The van der Waals surface area contributed by atoms with E-state index in [1.165, 1.54) is 0 Å². The third-order valence-electron chi connectivity index (χ3n) is 6.58. The van der Waals surface area contributed by atoms with Crippen molar-refractivity contribution in [1.29, 1.82) is 0 Å². The largest absolute Gasteiger partial charge is 0.468 e. The van der Waals surface area contributed by atoms with Crippen molar-refractivity contribution < 1.29 is 18.6 Å². The highest BCUT2D eigenvalue weighted by molar-refractivity contribution is 6.30. The molecule has 0 aliphatic carbocycles. The van der Waals surface area contributed by atoms with Crippen LogP contribution in [0.1, 0.15) is 28.8 Å². The summed E-state index contributed by atoms with van der Waals surface area (Å²) in [6, 6.07) is 16.2. The Morgan fingerprint density at radius 2 is 1.95 bits per heavy atom. The molecule has 11 nitrogen and oxygen atoms in total. The lowest BCUT2D eigenvalue weighted by atomic mass is 10.0. The van der Waals surface area contributed by atoms with Crippen LogP contribution in [0.25, 0.3) is 10.9 Å². The molecule has 1 N–H and O–H groups in total. The third kappa shape index (κ3) is 5.24. The Bertz CT molecular complexity index is 1630. The van der Waals surface area contributed by atoms with Gasteiger partial charge in [0.2, 0.25) is 6.79 Å². The van der Waals surface area contributed by atoms with Crippen LogP contribution in [0.4, 0.5) is 0 Å². The maximum absolute atomic E-state index is 13.7. The fourth-order valence-electron chi connectivity index (χ4n) is 4.73. The molecule has 5 aromatic rings. The Hall–Kier alpha value is -4.19. The molecule has 1 atom stereocenters. The summed E-state index contributed by atoms with van der Waals surface area (Å²) in [5.74, 6) is 2.44. The van der Waals surface area contributed by atoms with Crippen LogP contribution >= 0.6 is 11.6 Å². The van der Waals surface area contributed by atoms with E-state index in [2.05, 4.69) is 25.4 Å². The number of pyridine rings is 1. The minimum atomic E-state index is -0.642. The summed E-state index contributed by atoms with van der Waals surface area (Å²) in [6.45, 7) is 1.79. The molecule has 2 aromatic carbocycles. The predicted octanol–water partition coefficient (Wildman–Crippen LogP) is 3.93. The van der Waals surface area contributed by atoms with Gasteiger partial charge in [-0.25, -0.2) is 4.68 Å². The second-order valence-electron chi connectivity index (χ2n) is 9.11. The van der Waals surface area contributed by atoms with E-state index in [0.717, 1.165) is 16.7 Å². The fraction of sp³-hybridized carbons (Fsp3) is 0.259. The molecule has 0 unspecified atom stereocenters. The van der Waals surface area contributed by atoms with Gasteiger partial charge in [-0.05, 0) is 52.4 Å². The van der Waals surface area contributed by atoms with Gasteiger partial charge in [0.15, 0.2) is 17.3 Å². The van der Waals surface area contributed by atoms with Gasteiger partial charge in [-0.1, -0.05) is 23.7 Å². The zero-order valence-corrected chi connectivity index (χ0v) is 21.8. The molecule has 0 amide bonds. The Morgan fingerprint density at radius 3 is 2.72 bits per heavy atom. The molecule has 0 saturated heterocycles. The van der Waals surface area contributed by atoms with Crippen molar-refractivity contribution in [3.63, 3.8) is 0 Å². The van der Waals surface area contributed by atoms with E-state index in [4.69, 9.17) is 30.2 Å². The smallest absolute Gasteiger partial charge is 0.253 e. The average Bonchev–Trinajstić information content (AvgIpc) is 3.71. The molecule has 1 aliphatic heterocycles. The second kappa shape index (κ2) is 10.9. The highest BCUT2D eigenvalue weighted by Gasteiger charge is 2.32. The number of fused-ring (bicyclic) bond motifs is 2. The number of ether oxygens (including phenoxy) is 3. The first-order valence-electron chi connectivity index (χ1n) is 12.3. The topological polar surface area (TPSA) is 121 Å². The predicted molar refractivity (Wildman–Crippen MR) is 142 cm³/mol. The molecule has 0 radical (unpaired) electrons. The lowest BCUT2D eigenvalue weighted by molar-refractivity contribution is 0.163. The van der Waals surface area contributed by atoms with Gasteiger partial charge in [-0.2, -0.15) is 0 Å². The lowest BCUT2D eigenvalue weighted by Crippen LogP contribution is -2.35. The molecule has 1 aliphatic rings. The Labute approximate surface area is 227 Å². The molecule has 39 heavy (non-hydrogen) atoms. The minimum absolute atomic E-state index is 0.137. The number of H-pyrrole nitrogens is 1. The number of nitrogens with zero attached hydrogens (tertiary/aromatic N) is 5. The zero-order valence-electron chi connectivity index (χ0n) is 21.0. The maximum Gasteiger partial charge on any atom is 0.253 e. The van der Waals surface area contributed by atoms with Crippen LogP contribution in [0.2, 0.25) is 5.02 Å². The highest BCUT2D eigenvalue weighted by atomic mass is 35.5. The van der Waals surface area contributed by atoms with Crippen molar-refractivity contribution >= 4 is 22.5 Å². The van der Waals surface area contributed by atoms with Gasteiger partial charge in [0, 0.05) is 35.7 Å². The van der Waals surface area contributed by atoms with E-state index in [1.54, 1.807) is 24.1 Å². The molecule has 0 saturated carbocycles. The number of furan rings is 1. The molecule has 0 spiro atoms. The number of hydrogen-bond donors (Lipinski definition) is 1. The van der Waals surface area contributed by atoms with E-state index in [-0.39, 0.29) is 12.4 Å². The van der Waals surface area contributed by atoms with Crippen molar-refractivity contribution in [3.05, 3.63) is 98.9 Å². The number of aromatic amines is 1. The molecule has 0 fully saturated rings. The minimum Gasteiger partial charge on any atom is -0.468 e. The number of rotatable bonds is 10. The molecule has 0 bridgehead atoms.